The van der Waals surface area contributed by atoms with Gasteiger partial charge in [-0.25, -0.2) is 0 Å². The fraction of sp³-hybridized carbons (Fsp3) is 1.00. The van der Waals surface area contributed by atoms with Crippen molar-refractivity contribution in [3.8, 4) is 0 Å². The van der Waals surface area contributed by atoms with Crippen LogP contribution in [0.3, 0.4) is 0 Å². The van der Waals surface area contributed by atoms with Gasteiger partial charge in [-0.2, -0.15) is 0 Å². The molecule has 0 saturated carbocycles. The van der Waals surface area contributed by atoms with Crippen LogP contribution in [0, 0.1) is 0 Å². The minimum Gasteiger partial charge on any atom is -1.00 e. The van der Waals surface area contributed by atoms with Gasteiger partial charge in [0, 0.05) is 0 Å². The first-order valence-electron chi connectivity index (χ1n) is 3.07. The van der Waals surface area contributed by atoms with Crippen molar-refractivity contribution in [2.24, 2.45) is 0 Å². The van der Waals surface area contributed by atoms with E-state index in [0.717, 1.165) is 0 Å². The summed E-state index contributed by atoms with van der Waals surface area (Å²) in [7, 11) is 0. The molecule has 0 aromatic rings. The summed E-state index contributed by atoms with van der Waals surface area (Å²) in [6, 6.07) is 0. The van der Waals surface area contributed by atoms with Gasteiger partial charge in [-0.3, -0.25) is 0 Å². The molecule has 0 atom stereocenters. The van der Waals surface area contributed by atoms with Gasteiger partial charge in [-0.1, -0.05) is 20.8 Å². The molecule has 0 saturated heterocycles. The van der Waals surface area contributed by atoms with Crippen LogP contribution in [-0.2, 0) is 0 Å². The van der Waals surface area contributed by atoms with Crippen LogP contribution in [0.2, 0.25) is 0 Å². The molecule has 0 bridgehead atoms. The zero-order valence-electron chi connectivity index (χ0n) is 7.57. The molecule has 0 heterocycles. The van der Waals surface area contributed by atoms with Crippen LogP contribution in [0.25, 0.3) is 0 Å². The fourth-order valence-corrected chi connectivity index (χ4v) is 0.671. The molecule has 0 aliphatic rings. The number of hydrogen-bond acceptors (Lipinski definition) is 1. The van der Waals surface area contributed by atoms with Crippen molar-refractivity contribution < 1.29 is 31.0 Å². The van der Waals surface area contributed by atoms with E-state index in [9.17, 15) is 0 Å². The molecule has 0 rings (SSSR count). The van der Waals surface area contributed by atoms with Crippen molar-refractivity contribution in [3.05, 3.63) is 0 Å². The van der Waals surface area contributed by atoms with E-state index < -0.39 is 0 Å². The topological polar surface area (TPSA) is 3.24 Å². The molecule has 1 nitrogen and oxygen atoms in total. The molecule has 0 aliphatic carbocycles. The Kier molecular flexibility index (Phi) is 11.7. The van der Waals surface area contributed by atoms with E-state index in [1.54, 1.807) is 0 Å². The Labute approximate surface area is 76.2 Å². The van der Waals surface area contributed by atoms with E-state index in [4.69, 9.17) is 0 Å². The van der Waals surface area contributed by atoms with Gasteiger partial charge in [-0.15, -0.1) is 0 Å². The number of hydrogen-bond donors (Lipinski definition) is 0. The molecule has 0 unspecified atom stereocenters. The second kappa shape index (κ2) is 7.96. The third-order valence-electron chi connectivity index (χ3n) is 1.34. The van der Waals surface area contributed by atoms with E-state index >= 15 is 0 Å². The van der Waals surface area contributed by atoms with Crippen LogP contribution in [0.5, 0.6) is 0 Å². The van der Waals surface area contributed by atoms with Gasteiger partial charge in [0.1, 0.15) is 0 Å². The van der Waals surface area contributed by atoms with E-state index in [-0.39, 0.29) is 31.0 Å². The average molecular weight is 125 g/mol. The van der Waals surface area contributed by atoms with E-state index in [0.29, 0.717) is 0 Å². The smallest absolute Gasteiger partial charge is 1.00 e. The zero-order chi connectivity index (χ0) is 5.70. The zero-order valence-corrected chi connectivity index (χ0v) is 8.57. The SMILES string of the molecule is CCN(CC)CC.[H-].[Na+]. The van der Waals surface area contributed by atoms with Crippen molar-refractivity contribution in [2.45, 2.75) is 20.8 Å². The fourth-order valence-electron chi connectivity index (χ4n) is 0.671. The van der Waals surface area contributed by atoms with Crippen molar-refractivity contribution >= 4 is 0 Å². The summed E-state index contributed by atoms with van der Waals surface area (Å²) in [4.78, 5) is 2.38. The van der Waals surface area contributed by atoms with Crippen LogP contribution in [0.4, 0.5) is 0 Å². The van der Waals surface area contributed by atoms with Crippen LogP contribution in [0.1, 0.15) is 22.2 Å². The summed E-state index contributed by atoms with van der Waals surface area (Å²) in [5, 5.41) is 0. The first-order valence-corrected chi connectivity index (χ1v) is 3.07. The number of rotatable bonds is 3. The monoisotopic (exact) mass is 125 g/mol. The quantitative estimate of drug-likeness (QED) is 0.413. The van der Waals surface area contributed by atoms with Gasteiger partial charge < -0.3 is 6.33 Å². The van der Waals surface area contributed by atoms with Crippen molar-refractivity contribution in [1.82, 2.24) is 4.90 Å². The Morgan fingerprint density at radius 1 is 1.00 bits per heavy atom. The maximum absolute atomic E-state index is 2.38. The Bertz CT molecular complexity index is 34.5. The molecule has 46 valence electrons. The van der Waals surface area contributed by atoms with Gasteiger partial charge in [0.2, 0.25) is 0 Å². The summed E-state index contributed by atoms with van der Waals surface area (Å²) >= 11 is 0. The molecule has 0 N–H and O–H groups in total. The second-order valence-corrected chi connectivity index (χ2v) is 1.62. The molecule has 0 aromatic carbocycles. The minimum atomic E-state index is 0. The Balaban J connectivity index is -0.000000180. The third-order valence-corrected chi connectivity index (χ3v) is 1.34. The molecule has 2 heteroatoms. The summed E-state index contributed by atoms with van der Waals surface area (Å²) in [6.07, 6.45) is 0. The Hall–Kier alpha value is 0.960. The average Bonchev–Trinajstić information content (AvgIpc) is 1.72. The molecule has 0 aliphatic heterocycles. The number of nitrogens with zero attached hydrogens (tertiary/aromatic N) is 1. The molecule has 0 radical (unpaired) electrons. The van der Waals surface area contributed by atoms with Crippen LogP contribution in [-0.4, -0.2) is 24.5 Å². The van der Waals surface area contributed by atoms with E-state index in [1.807, 2.05) is 0 Å². The van der Waals surface area contributed by atoms with Gasteiger partial charge >= 0.3 is 29.6 Å². The molecule has 0 fully saturated rings. The molecule has 8 heavy (non-hydrogen) atoms. The maximum Gasteiger partial charge on any atom is 1.00 e. The van der Waals surface area contributed by atoms with Crippen molar-refractivity contribution in [2.75, 3.05) is 19.6 Å². The predicted octanol–water partition coefficient (Wildman–Crippen LogP) is -1.54. The van der Waals surface area contributed by atoms with Crippen molar-refractivity contribution in [3.63, 3.8) is 0 Å². The predicted molar refractivity (Wildman–Crippen MR) is 34.6 cm³/mol. The standard InChI is InChI=1S/C6H15N.Na.H/c1-4-7(5-2)6-3;;/h4-6H2,1-3H3;;/q;+1;-1. The van der Waals surface area contributed by atoms with E-state index in [2.05, 4.69) is 25.7 Å². The second-order valence-electron chi connectivity index (χ2n) is 1.62. The molecule has 0 spiro atoms. The van der Waals surface area contributed by atoms with Crippen molar-refractivity contribution in [1.29, 1.82) is 0 Å². The van der Waals surface area contributed by atoms with Gasteiger partial charge in [0.05, 0.1) is 0 Å². The van der Waals surface area contributed by atoms with Crippen LogP contribution >= 0.6 is 0 Å². The van der Waals surface area contributed by atoms with Crippen LogP contribution < -0.4 is 29.6 Å². The maximum atomic E-state index is 2.38. The largest absolute Gasteiger partial charge is 1.00 e. The Morgan fingerprint density at radius 3 is 1.25 bits per heavy atom. The molecular formula is C6H16NNa. The molecular weight excluding hydrogens is 109 g/mol. The Morgan fingerprint density at radius 2 is 1.25 bits per heavy atom. The summed E-state index contributed by atoms with van der Waals surface area (Å²) < 4.78 is 0. The minimum absolute atomic E-state index is 0. The van der Waals surface area contributed by atoms with Gasteiger partial charge in [0.15, 0.2) is 0 Å². The first kappa shape index (κ1) is 11.7. The van der Waals surface area contributed by atoms with E-state index in [1.165, 1.54) is 19.6 Å². The van der Waals surface area contributed by atoms with Gasteiger partial charge in [0.25, 0.3) is 0 Å². The molecule has 0 amide bonds. The van der Waals surface area contributed by atoms with Crippen LogP contribution in [0.15, 0.2) is 0 Å². The third kappa shape index (κ3) is 5.10. The summed E-state index contributed by atoms with van der Waals surface area (Å²) in [6.45, 7) is 10.1. The summed E-state index contributed by atoms with van der Waals surface area (Å²) in [5.41, 5.74) is 0. The normalized spacial score (nSPS) is 9.00. The first-order chi connectivity index (χ1) is 3.35. The summed E-state index contributed by atoms with van der Waals surface area (Å²) in [5.74, 6) is 0. The van der Waals surface area contributed by atoms with Gasteiger partial charge in [-0.05, 0) is 19.6 Å². The molecule has 0 aromatic heterocycles.